The number of anilines is 2. The molecule has 45 heavy (non-hydrogen) atoms. The molecule has 0 spiro atoms. The van der Waals surface area contributed by atoms with E-state index in [1.165, 1.54) is 17.6 Å². The minimum Gasteiger partial charge on any atom is -0.504 e. The van der Waals surface area contributed by atoms with Crippen LogP contribution in [0.3, 0.4) is 0 Å². The zero-order valence-electron chi connectivity index (χ0n) is 22.3. The van der Waals surface area contributed by atoms with E-state index in [0.29, 0.717) is 0 Å². The zero-order chi connectivity index (χ0) is 32.6. The van der Waals surface area contributed by atoms with Gasteiger partial charge in [-0.2, -0.15) is 0 Å². The van der Waals surface area contributed by atoms with Gasteiger partial charge in [-0.05, 0) is 18.2 Å². The number of nitrogens with two attached hydrogens (primary N) is 2. The summed E-state index contributed by atoms with van der Waals surface area (Å²) in [5.74, 6) is -6.02. The average Bonchev–Trinajstić information content (AvgIpc) is 3.43. The summed E-state index contributed by atoms with van der Waals surface area (Å²) in [7, 11) is 0. The fourth-order valence-corrected chi connectivity index (χ4v) is 6.78. The summed E-state index contributed by atoms with van der Waals surface area (Å²) in [6.45, 7) is 0. The number of nitrogens with one attached hydrogen (secondary N) is 1. The fraction of sp³-hybridized carbons (Fsp3) is 0.160. The van der Waals surface area contributed by atoms with E-state index in [0.717, 1.165) is 51.6 Å². The van der Waals surface area contributed by atoms with Gasteiger partial charge in [-0.3, -0.25) is 14.5 Å². The monoisotopic (exact) mass is 672 g/mol. The van der Waals surface area contributed by atoms with E-state index in [2.05, 4.69) is 25.4 Å². The number of amides is 2. The Bertz CT molecular complexity index is 1830. The maximum Gasteiger partial charge on any atom is 0.353 e. The van der Waals surface area contributed by atoms with Gasteiger partial charge in [0.1, 0.15) is 22.6 Å². The van der Waals surface area contributed by atoms with Crippen LogP contribution < -0.4 is 16.8 Å². The predicted molar refractivity (Wildman–Crippen MR) is 163 cm³/mol. The van der Waals surface area contributed by atoms with Crippen molar-refractivity contribution in [2.45, 2.75) is 17.0 Å². The predicted octanol–water partition coefficient (Wildman–Crippen LogP) is 0.321. The van der Waals surface area contributed by atoms with Crippen molar-refractivity contribution < 1.29 is 44.4 Å². The molecule has 0 saturated carbocycles. The molecule has 2 amide bonds. The Balaban J connectivity index is 1.48. The maximum atomic E-state index is 13.7. The Morgan fingerprint density at radius 1 is 1.20 bits per heavy atom. The molecule has 2 aliphatic rings. The van der Waals surface area contributed by atoms with E-state index < -0.39 is 63.7 Å². The second-order valence-corrected chi connectivity index (χ2v) is 11.5. The smallest absolute Gasteiger partial charge is 0.353 e. The van der Waals surface area contributed by atoms with Crippen molar-refractivity contribution in [3.05, 3.63) is 58.6 Å². The number of aromatic hydroxyl groups is 2. The Hall–Kier alpha value is -5.34. The molecule has 5 rings (SSSR count). The van der Waals surface area contributed by atoms with E-state index in [4.69, 9.17) is 28.5 Å². The number of carboxylic acids is 2. The van der Waals surface area contributed by atoms with E-state index in [1.807, 2.05) is 0 Å². The van der Waals surface area contributed by atoms with Crippen LogP contribution in [-0.4, -0.2) is 91.8 Å². The summed E-state index contributed by atoms with van der Waals surface area (Å²) in [5, 5.41) is 46.7. The van der Waals surface area contributed by atoms with Crippen LogP contribution in [0.5, 0.6) is 11.5 Å². The molecule has 17 nitrogen and oxygen atoms in total. The number of phenolic OH excluding ortho intramolecular Hbond substituents is 2. The van der Waals surface area contributed by atoms with Crippen molar-refractivity contribution in [2.75, 3.05) is 17.2 Å². The molecule has 232 valence electrons. The topological polar surface area (TPSA) is 277 Å². The molecular formula is C25H20N8O9S3. The van der Waals surface area contributed by atoms with Gasteiger partial charge in [-0.15, -0.1) is 23.1 Å². The summed E-state index contributed by atoms with van der Waals surface area (Å²) in [6.07, 6.45) is -0.520. The third kappa shape index (κ3) is 5.56. The maximum absolute atomic E-state index is 13.7. The van der Waals surface area contributed by atoms with Gasteiger partial charge < -0.3 is 42.0 Å². The number of hydrogen-bond donors (Lipinski definition) is 7. The molecule has 3 atom stereocenters. The Morgan fingerprint density at radius 2 is 1.96 bits per heavy atom. The lowest BCUT2D eigenvalue weighted by molar-refractivity contribution is -0.153. The average molecular weight is 673 g/mol. The van der Waals surface area contributed by atoms with Gasteiger partial charge >= 0.3 is 11.9 Å². The Labute approximate surface area is 265 Å². The van der Waals surface area contributed by atoms with Crippen LogP contribution in [0.25, 0.3) is 5.57 Å². The first-order chi connectivity index (χ1) is 21.4. The summed E-state index contributed by atoms with van der Waals surface area (Å²) in [6, 6.07) is 4.54. The molecule has 1 fully saturated rings. The molecule has 2 aliphatic heterocycles. The summed E-state index contributed by atoms with van der Waals surface area (Å²) < 4.78 is 0. The Morgan fingerprint density at radius 3 is 2.56 bits per heavy atom. The molecule has 1 saturated heterocycles. The van der Waals surface area contributed by atoms with Crippen LogP contribution in [0.1, 0.15) is 23.2 Å². The van der Waals surface area contributed by atoms with Gasteiger partial charge in [-0.1, -0.05) is 23.4 Å². The van der Waals surface area contributed by atoms with Gasteiger partial charge in [0.15, 0.2) is 33.7 Å². The highest BCUT2D eigenvalue weighted by molar-refractivity contribution is 8.00. The number of thioether (sulfide) groups is 1. The highest BCUT2D eigenvalue weighted by Crippen LogP contribution is 2.47. The number of phenols is 2. The number of aromatic nitrogens is 3. The first-order valence-electron chi connectivity index (χ1n) is 12.4. The first-order valence-corrected chi connectivity index (χ1v) is 14.8. The molecule has 2 unspecified atom stereocenters. The fourth-order valence-electron chi connectivity index (χ4n) is 4.43. The Kier molecular flexibility index (Phi) is 8.28. The molecule has 3 aromatic rings. The van der Waals surface area contributed by atoms with Crippen molar-refractivity contribution >= 4 is 86.7 Å². The highest BCUT2D eigenvalue weighted by Gasteiger charge is 2.65. The number of thiazole rings is 1. The quantitative estimate of drug-likeness (QED) is 0.0502. The number of carbonyl (C=O) groups is 4. The summed E-state index contributed by atoms with van der Waals surface area (Å²) in [5.41, 5.74) is 8.40. The van der Waals surface area contributed by atoms with E-state index in [9.17, 15) is 39.6 Å². The van der Waals surface area contributed by atoms with Crippen LogP contribution in [0.15, 0.2) is 46.7 Å². The molecule has 20 heteroatoms. The van der Waals surface area contributed by atoms with Crippen molar-refractivity contribution in [1.82, 2.24) is 25.2 Å². The number of rotatable bonds is 10. The van der Waals surface area contributed by atoms with Crippen LogP contribution in [-0.2, 0) is 24.0 Å². The second kappa shape index (κ2) is 12.0. The molecule has 9 N–H and O–H groups in total. The zero-order valence-corrected chi connectivity index (χ0v) is 24.8. The number of oxime groups is 1. The number of hydrogen-bond acceptors (Lipinski definition) is 16. The molecular weight excluding hydrogens is 653 g/mol. The van der Waals surface area contributed by atoms with Crippen LogP contribution in [0.2, 0.25) is 0 Å². The van der Waals surface area contributed by atoms with Crippen LogP contribution in [0.4, 0.5) is 10.9 Å². The number of carbonyl (C=O) groups excluding carboxylic acids is 2. The number of nitrogen functional groups attached to an aromatic ring is 2. The van der Waals surface area contributed by atoms with Crippen LogP contribution in [0, 0.1) is 0 Å². The number of fused-ring (bicyclic) bond motifs is 1. The SMILES string of the molecule is Nc1ccnc(C2=C(C(=O)O)N3C(=O)C(C=S)(NC(=O)/C(=N\OC(C(=O)O)c4ccc(O)c(O)c4)c4csc(N)n4)[C@@H]3SC2)n1. The number of nitrogens with zero attached hydrogens (tertiary/aromatic N) is 5. The standard InChI is InChI=1S/C25H20N8O9S3/c26-14-3-4-28-18(30-14)10-6-44-23-25(8-43,22(41)33(23)16(10)20(37)38)31-19(36)15(11-7-45-24(27)29-11)32-42-17(21(39)40)9-1-2-12(34)13(35)5-9/h1-5,7-8,17,23,34-35H,6H2,(H2,27,29)(H,31,36)(H,37,38)(H,39,40)(H2,26,28,30)/b32-15-/t17?,23-,25?/m0/s1. The van der Waals surface area contributed by atoms with Gasteiger partial charge in [0, 0.05) is 33.8 Å². The van der Waals surface area contributed by atoms with Gasteiger partial charge in [0.25, 0.3) is 11.8 Å². The minimum absolute atomic E-state index is 0.00672. The number of thiocarbonyl (C=S) groups is 1. The third-order valence-electron chi connectivity index (χ3n) is 6.52. The summed E-state index contributed by atoms with van der Waals surface area (Å²) >= 11 is 7.15. The van der Waals surface area contributed by atoms with Crippen molar-refractivity contribution in [3.8, 4) is 11.5 Å². The lowest BCUT2D eigenvalue weighted by atomic mass is 9.87. The van der Waals surface area contributed by atoms with E-state index in [1.54, 1.807) is 0 Å². The molecule has 0 aliphatic carbocycles. The van der Waals surface area contributed by atoms with E-state index >= 15 is 0 Å². The number of β-lactam (4-membered cyclic amide) rings is 1. The lowest BCUT2D eigenvalue weighted by Crippen LogP contribution is -2.80. The third-order valence-corrected chi connectivity index (χ3v) is 8.92. The van der Waals surface area contributed by atoms with Gasteiger partial charge in [0.2, 0.25) is 6.10 Å². The van der Waals surface area contributed by atoms with E-state index in [-0.39, 0.29) is 39.4 Å². The minimum atomic E-state index is -1.91. The number of aliphatic carboxylic acids is 2. The van der Waals surface area contributed by atoms with Gasteiger partial charge in [-0.25, -0.2) is 24.5 Å². The molecule has 0 radical (unpaired) electrons. The number of carboxylic acid groups (broad SMARTS) is 2. The lowest BCUT2D eigenvalue weighted by Gasteiger charge is -2.55. The molecule has 0 bridgehead atoms. The van der Waals surface area contributed by atoms with Crippen molar-refractivity contribution in [3.63, 3.8) is 0 Å². The molecule has 1 aromatic carbocycles. The first kappa shape index (κ1) is 31.1. The van der Waals surface area contributed by atoms with Crippen LogP contribution >= 0.6 is 35.3 Å². The second-order valence-electron chi connectivity index (χ2n) is 9.30. The molecule has 2 aromatic heterocycles. The highest BCUT2D eigenvalue weighted by atomic mass is 32.2. The molecule has 4 heterocycles. The summed E-state index contributed by atoms with van der Waals surface area (Å²) in [4.78, 5) is 69.9. The van der Waals surface area contributed by atoms with Crippen molar-refractivity contribution in [1.29, 1.82) is 0 Å². The number of benzene rings is 1. The largest absolute Gasteiger partial charge is 0.504 e. The van der Waals surface area contributed by atoms with Gasteiger partial charge in [0.05, 0.1) is 0 Å². The normalized spacial score (nSPS) is 20.1. The van der Waals surface area contributed by atoms with Crippen molar-refractivity contribution in [2.24, 2.45) is 5.16 Å².